The fraction of sp³-hybridized carbons (Fsp3) is 0.375. The van der Waals surface area contributed by atoms with E-state index in [9.17, 15) is 4.79 Å². The van der Waals surface area contributed by atoms with Gasteiger partial charge in [-0.2, -0.15) is 0 Å². The van der Waals surface area contributed by atoms with Crippen LogP contribution in [0.2, 0.25) is 0 Å². The van der Waals surface area contributed by atoms with E-state index in [-0.39, 0.29) is 0 Å². The molecule has 59 valence electrons. The molecule has 2 nitrogen and oxygen atoms in total. The maximum atomic E-state index is 9.90. The third kappa shape index (κ3) is 3.28. The predicted molar refractivity (Wildman–Crippen MR) is 45.4 cm³/mol. The summed E-state index contributed by atoms with van der Waals surface area (Å²) in [6, 6.07) is 0. The first kappa shape index (κ1) is 8.40. The molecule has 1 aromatic heterocycles. The van der Waals surface area contributed by atoms with Crippen LogP contribution in [0.5, 0.6) is 0 Å². The molecule has 0 aliphatic carbocycles. The molecule has 0 saturated carbocycles. The fourth-order valence-corrected chi connectivity index (χ4v) is 1.48. The first-order valence-corrected chi connectivity index (χ1v) is 4.47. The number of hydrogen-bond donors (Lipinski definition) is 0. The summed E-state index contributed by atoms with van der Waals surface area (Å²) in [5.74, 6) is 0. The highest BCUT2D eigenvalue weighted by molar-refractivity contribution is 7.09. The van der Waals surface area contributed by atoms with Crippen LogP contribution in [0.3, 0.4) is 0 Å². The number of carbonyl (C=O) groups excluding carboxylic acids is 1. The first-order valence-electron chi connectivity index (χ1n) is 3.59. The zero-order valence-electron chi connectivity index (χ0n) is 6.19. The molecule has 1 radical (unpaired) electrons. The number of hydrogen-bond acceptors (Lipinski definition) is 3. The second-order valence-corrected chi connectivity index (χ2v) is 3.17. The molecule has 0 fully saturated rings. The molecule has 0 unspecified atom stereocenters. The van der Waals surface area contributed by atoms with Gasteiger partial charge in [-0.1, -0.05) is 0 Å². The zero-order chi connectivity index (χ0) is 7.94. The van der Waals surface area contributed by atoms with Crippen molar-refractivity contribution in [1.82, 2.24) is 4.98 Å². The van der Waals surface area contributed by atoms with Crippen LogP contribution >= 0.6 is 11.3 Å². The Kier molecular flexibility index (Phi) is 3.83. The van der Waals surface area contributed by atoms with Gasteiger partial charge in [0.05, 0.1) is 5.01 Å². The van der Waals surface area contributed by atoms with Gasteiger partial charge in [-0.3, -0.25) is 0 Å². The minimum atomic E-state index is 0.849. The number of aromatic nitrogens is 1. The molecule has 0 atom stereocenters. The van der Waals surface area contributed by atoms with Crippen LogP contribution in [-0.2, 0) is 11.2 Å². The maximum absolute atomic E-state index is 9.90. The summed E-state index contributed by atoms with van der Waals surface area (Å²) in [7, 11) is 0. The van der Waals surface area contributed by atoms with E-state index in [0.717, 1.165) is 30.6 Å². The third-order valence-corrected chi connectivity index (χ3v) is 2.18. The van der Waals surface area contributed by atoms with Crippen molar-refractivity contribution in [1.29, 1.82) is 0 Å². The number of aldehydes is 1. The summed E-state index contributed by atoms with van der Waals surface area (Å²) in [6.07, 6.45) is 7.18. The molecule has 1 rings (SSSR count). The van der Waals surface area contributed by atoms with Crippen molar-refractivity contribution in [3.8, 4) is 0 Å². The molecule has 0 aromatic carbocycles. The lowest BCUT2D eigenvalue weighted by atomic mass is 10.2. The van der Waals surface area contributed by atoms with Gasteiger partial charge >= 0.3 is 0 Å². The fourth-order valence-electron chi connectivity index (χ4n) is 0.816. The molecule has 0 aliphatic heterocycles. The number of nitrogens with zero attached hydrogens (tertiary/aromatic N) is 1. The second-order valence-electron chi connectivity index (χ2n) is 2.19. The van der Waals surface area contributed by atoms with Gasteiger partial charge in [0.1, 0.15) is 6.29 Å². The largest absolute Gasteiger partial charge is 0.303 e. The molecule has 0 saturated heterocycles. The molecule has 0 bridgehead atoms. The molecule has 1 aromatic rings. The Morgan fingerprint density at radius 1 is 1.64 bits per heavy atom. The van der Waals surface area contributed by atoms with Crippen molar-refractivity contribution in [2.24, 2.45) is 0 Å². The lowest BCUT2D eigenvalue weighted by Crippen LogP contribution is -1.84. The Bertz CT molecular complexity index is 196. The Labute approximate surface area is 70.3 Å². The Morgan fingerprint density at radius 3 is 3.18 bits per heavy atom. The van der Waals surface area contributed by atoms with Gasteiger partial charge in [0.15, 0.2) is 0 Å². The highest BCUT2D eigenvalue weighted by Crippen LogP contribution is 2.08. The molecule has 1 heterocycles. The number of unbranched alkanes of at least 4 members (excludes halogenated alkanes) is 2. The topological polar surface area (TPSA) is 30.0 Å². The number of rotatable bonds is 5. The molecule has 0 amide bonds. The Morgan fingerprint density at radius 2 is 2.55 bits per heavy atom. The summed E-state index contributed by atoms with van der Waals surface area (Å²) in [5, 5.41) is 3.13. The quantitative estimate of drug-likeness (QED) is 0.496. The Balaban J connectivity index is 2.09. The Hall–Kier alpha value is -0.700. The van der Waals surface area contributed by atoms with Crippen molar-refractivity contribution in [2.75, 3.05) is 0 Å². The second kappa shape index (κ2) is 5.02. The van der Waals surface area contributed by atoms with Crippen molar-refractivity contribution in [3.05, 3.63) is 23.0 Å². The SMILES string of the molecule is O=C[CH]CCCc1nccs1. The van der Waals surface area contributed by atoms with Gasteiger partial charge in [-0.05, 0) is 19.3 Å². The molecule has 3 heteroatoms. The number of thiazole rings is 1. The molecule has 0 spiro atoms. The number of carbonyl (C=O) groups is 1. The highest BCUT2D eigenvalue weighted by atomic mass is 32.1. The minimum absolute atomic E-state index is 0.849. The monoisotopic (exact) mass is 168 g/mol. The van der Waals surface area contributed by atoms with Gasteiger partial charge < -0.3 is 4.79 Å². The maximum Gasteiger partial charge on any atom is 0.123 e. The van der Waals surface area contributed by atoms with Crippen LogP contribution in [0.4, 0.5) is 0 Å². The van der Waals surface area contributed by atoms with E-state index in [2.05, 4.69) is 4.98 Å². The summed E-state index contributed by atoms with van der Waals surface area (Å²) in [6.45, 7) is 0. The van der Waals surface area contributed by atoms with Crippen molar-refractivity contribution >= 4 is 17.6 Å². The average molecular weight is 168 g/mol. The molecular formula is C8H10NOS. The van der Waals surface area contributed by atoms with Crippen molar-refractivity contribution in [2.45, 2.75) is 19.3 Å². The van der Waals surface area contributed by atoms with Gasteiger partial charge in [0.2, 0.25) is 0 Å². The molecule has 11 heavy (non-hydrogen) atoms. The molecule has 0 N–H and O–H groups in total. The molecule has 0 aliphatic rings. The molecular weight excluding hydrogens is 158 g/mol. The minimum Gasteiger partial charge on any atom is -0.303 e. The van der Waals surface area contributed by atoms with Gasteiger partial charge in [-0.25, -0.2) is 4.98 Å². The highest BCUT2D eigenvalue weighted by Gasteiger charge is 1.94. The van der Waals surface area contributed by atoms with E-state index in [1.54, 1.807) is 17.8 Å². The summed E-state index contributed by atoms with van der Waals surface area (Å²) < 4.78 is 0. The van der Waals surface area contributed by atoms with E-state index in [1.165, 1.54) is 0 Å². The lowest BCUT2D eigenvalue weighted by Gasteiger charge is -1.91. The lowest BCUT2D eigenvalue weighted by molar-refractivity contribution is -0.105. The van der Waals surface area contributed by atoms with Crippen LogP contribution in [0.15, 0.2) is 11.6 Å². The average Bonchev–Trinajstić information content (AvgIpc) is 2.50. The van der Waals surface area contributed by atoms with E-state index < -0.39 is 0 Å². The van der Waals surface area contributed by atoms with Crippen LogP contribution in [0.25, 0.3) is 0 Å². The first-order chi connectivity index (χ1) is 5.43. The summed E-state index contributed by atoms with van der Waals surface area (Å²) in [5.41, 5.74) is 0. The van der Waals surface area contributed by atoms with Crippen LogP contribution in [-0.4, -0.2) is 11.3 Å². The van der Waals surface area contributed by atoms with Crippen LogP contribution in [0.1, 0.15) is 17.8 Å². The normalized spacial score (nSPS) is 9.82. The van der Waals surface area contributed by atoms with Crippen molar-refractivity contribution < 1.29 is 4.79 Å². The van der Waals surface area contributed by atoms with E-state index >= 15 is 0 Å². The van der Waals surface area contributed by atoms with Crippen LogP contribution < -0.4 is 0 Å². The van der Waals surface area contributed by atoms with E-state index in [1.807, 2.05) is 11.6 Å². The standard InChI is InChI=1S/C8H10NOS/c10-6-3-1-2-4-8-9-5-7-11-8/h3,5-7H,1-2,4H2. The summed E-state index contributed by atoms with van der Waals surface area (Å²) in [4.78, 5) is 14.0. The third-order valence-electron chi connectivity index (χ3n) is 1.34. The van der Waals surface area contributed by atoms with E-state index in [4.69, 9.17) is 0 Å². The van der Waals surface area contributed by atoms with E-state index in [0.29, 0.717) is 0 Å². The van der Waals surface area contributed by atoms with Crippen LogP contribution in [0, 0.1) is 6.42 Å². The number of aryl methyl sites for hydroxylation is 1. The van der Waals surface area contributed by atoms with Gasteiger partial charge in [-0.15, -0.1) is 11.3 Å². The van der Waals surface area contributed by atoms with Gasteiger partial charge in [0.25, 0.3) is 0 Å². The predicted octanol–water partition coefficient (Wildman–Crippen LogP) is 1.87. The van der Waals surface area contributed by atoms with Crippen molar-refractivity contribution in [3.63, 3.8) is 0 Å². The summed E-state index contributed by atoms with van der Waals surface area (Å²) >= 11 is 1.67. The smallest absolute Gasteiger partial charge is 0.123 e. The van der Waals surface area contributed by atoms with Gasteiger partial charge in [0, 0.05) is 18.0 Å². The zero-order valence-corrected chi connectivity index (χ0v) is 7.01.